The molecule has 0 spiro atoms. The third kappa shape index (κ3) is 2.65. The van der Waals surface area contributed by atoms with Crippen molar-refractivity contribution in [2.75, 3.05) is 46.4 Å². The van der Waals surface area contributed by atoms with Crippen LogP contribution < -0.4 is 0 Å². The first-order chi connectivity index (χ1) is 9.15. The van der Waals surface area contributed by atoms with Gasteiger partial charge in [0.2, 0.25) is 5.91 Å². The lowest BCUT2D eigenvalue weighted by atomic mass is 10.0. The van der Waals surface area contributed by atoms with Crippen LogP contribution in [0.4, 0.5) is 0 Å². The van der Waals surface area contributed by atoms with E-state index < -0.39 is 0 Å². The molecule has 108 valence electrons. The summed E-state index contributed by atoms with van der Waals surface area (Å²) in [6.45, 7) is 8.43. The minimum atomic E-state index is 0.332. The molecule has 19 heavy (non-hydrogen) atoms. The molecule has 0 aromatic heterocycles. The Morgan fingerprint density at radius 3 is 2.32 bits per heavy atom. The van der Waals surface area contributed by atoms with Crippen molar-refractivity contribution >= 4 is 5.91 Å². The summed E-state index contributed by atoms with van der Waals surface area (Å²) in [7, 11) is 1.81. The van der Waals surface area contributed by atoms with E-state index >= 15 is 0 Å². The molecule has 1 aliphatic carbocycles. The highest BCUT2D eigenvalue weighted by Crippen LogP contribution is 2.47. The lowest BCUT2D eigenvalue weighted by Crippen LogP contribution is -2.35. The summed E-state index contributed by atoms with van der Waals surface area (Å²) < 4.78 is 5.36. The molecule has 2 unspecified atom stereocenters. The molecule has 0 aromatic rings. The molecule has 2 aliphatic heterocycles. The molecule has 2 saturated heterocycles. The number of nitrogens with zero attached hydrogens (tertiary/aromatic N) is 2. The summed E-state index contributed by atoms with van der Waals surface area (Å²) in [5.41, 5.74) is 0.465. The largest absolute Gasteiger partial charge is 0.384 e. The highest BCUT2D eigenvalue weighted by atomic mass is 16.5. The topological polar surface area (TPSA) is 32.8 Å². The van der Waals surface area contributed by atoms with Crippen LogP contribution in [0.3, 0.4) is 0 Å². The van der Waals surface area contributed by atoms with Gasteiger partial charge in [0.25, 0.3) is 0 Å². The monoisotopic (exact) mass is 266 g/mol. The second-order valence-corrected chi connectivity index (χ2v) is 6.80. The summed E-state index contributed by atoms with van der Waals surface area (Å²) in [6, 6.07) is 0. The molecule has 3 rings (SSSR count). The Bertz CT molecular complexity index is 340. The fourth-order valence-corrected chi connectivity index (χ4v) is 3.95. The van der Waals surface area contributed by atoms with Crippen molar-refractivity contribution in [2.24, 2.45) is 17.3 Å². The van der Waals surface area contributed by atoms with Crippen molar-refractivity contribution < 1.29 is 9.53 Å². The Kier molecular flexibility index (Phi) is 3.56. The summed E-state index contributed by atoms with van der Waals surface area (Å²) in [6.07, 6.45) is 3.31. The molecular formula is C15H26N2O2. The number of hydrogen-bond donors (Lipinski definition) is 0. The number of amides is 1. The van der Waals surface area contributed by atoms with Crippen LogP contribution in [-0.4, -0.2) is 62.1 Å². The van der Waals surface area contributed by atoms with E-state index in [-0.39, 0.29) is 0 Å². The average molecular weight is 266 g/mol. The van der Waals surface area contributed by atoms with Crippen molar-refractivity contribution in [3.63, 3.8) is 0 Å². The fraction of sp³-hybridized carbons (Fsp3) is 0.933. The van der Waals surface area contributed by atoms with Gasteiger partial charge in [-0.3, -0.25) is 4.79 Å². The molecule has 4 nitrogen and oxygen atoms in total. The maximum Gasteiger partial charge on any atom is 0.222 e. The van der Waals surface area contributed by atoms with E-state index in [1.807, 2.05) is 14.0 Å². The molecule has 0 N–H and O–H groups in total. The van der Waals surface area contributed by atoms with Gasteiger partial charge in [-0.25, -0.2) is 0 Å². The molecule has 2 atom stereocenters. The Morgan fingerprint density at radius 2 is 1.84 bits per heavy atom. The van der Waals surface area contributed by atoms with Crippen LogP contribution in [0.15, 0.2) is 0 Å². The van der Waals surface area contributed by atoms with Crippen LogP contribution in [0.1, 0.15) is 26.2 Å². The first-order valence-electron chi connectivity index (χ1n) is 7.65. The normalized spacial score (nSPS) is 32.6. The number of hydrogen-bond acceptors (Lipinski definition) is 3. The Hall–Kier alpha value is -0.610. The first kappa shape index (κ1) is 13.4. The average Bonchev–Trinajstić information content (AvgIpc) is 2.85. The minimum Gasteiger partial charge on any atom is -0.384 e. The summed E-state index contributed by atoms with van der Waals surface area (Å²) in [4.78, 5) is 16.4. The van der Waals surface area contributed by atoms with Gasteiger partial charge in [-0.15, -0.1) is 0 Å². The van der Waals surface area contributed by atoms with Gasteiger partial charge in [-0.2, -0.15) is 0 Å². The summed E-state index contributed by atoms with van der Waals surface area (Å²) in [5, 5.41) is 0. The van der Waals surface area contributed by atoms with Crippen LogP contribution in [0.2, 0.25) is 0 Å². The lowest BCUT2D eigenvalue weighted by molar-refractivity contribution is -0.130. The van der Waals surface area contributed by atoms with Crippen LogP contribution >= 0.6 is 0 Å². The van der Waals surface area contributed by atoms with Gasteiger partial charge in [0.1, 0.15) is 0 Å². The molecule has 2 heterocycles. The van der Waals surface area contributed by atoms with E-state index in [4.69, 9.17) is 4.74 Å². The van der Waals surface area contributed by atoms with Crippen LogP contribution in [0, 0.1) is 17.3 Å². The van der Waals surface area contributed by atoms with E-state index in [0.717, 1.165) is 19.7 Å². The van der Waals surface area contributed by atoms with Gasteiger partial charge in [-0.05, 0) is 24.7 Å². The molecule has 3 fully saturated rings. The zero-order valence-electron chi connectivity index (χ0n) is 12.2. The first-order valence-corrected chi connectivity index (χ1v) is 7.65. The third-order valence-electron chi connectivity index (χ3n) is 5.18. The highest BCUT2D eigenvalue weighted by molar-refractivity contribution is 5.76. The number of likely N-dealkylation sites (tertiary alicyclic amines) is 2. The second-order valence-electron chi connectivity index (χ2n) is 6.80. The molecule has 0 bridgehead atoms. The predicted octanol–water partition coefficient (Wildman–Crippen LogP) is 1.21. The smallest absolute Gasteiger partial charge is 0.222 e. The Balaban J connectivity index is 1.50. The molecule has 3 aliphatic rings. The van der Waals surface area contributed by atoms with Gasteiger partial charge in [0.05, 0.1) is 6.61 Å². The van der Waals surface area contributed by atoms with E-state index in [1.165, 1.54) is 32.5 Å². The molecule has 4 heteroatoms. The SMILES string of the molecule is CCC(=O)N1CC2CN(CC3(COC)CC3)CC2C1. The quantitative estimate of drug-likeness (QED) is 0.750. The standard InChI is InChI=1S/C15H26N2O2/c1-3-14(18)17-8-12-6-16(7-13(12)9-17)10-15(4-5-15)11-19-2/h12-13H,3-11H2,1-2H3. The molecule has 1 amide bonds. The number of ether oxygens (including phenoxy) is 1. The van der Waals surface area contributed by atoms with E-state index in [1.54, 1.807) is 0 Å². The fourth-order valence-electron chi connectivity index (χ4n) is 3.95. The zero-order chi connectivity index (χ0) is 13.5. The van der Waals surface area contributed by atoms with Gasteiger partial charge in [0, 0.05) is 51.7 Å². The lowest BCUT2D eigenvalue weighted by Gasteiger charge is -2.25. The Labute approximate surface area is 116 Å². The van der Waals surface area contributed by atoms with E-state index in [0.29, 0.717) is 29.6 Å². The highest BCUT2D eigenvalue weighted by Gasteiger charge is 2.48. The van der Waals surface area contributed by atoms with Crippen molar-refractivity contribution in [3.05, 3.63) is 0 Å². The van der Waals surface area contributed by atoms with Crippen LogP contribution in [-0.2, 0) is 9.53 Å². The number of carbonyl (C=O) groups excluding carboxylic acids is 1. The van der Waals surface area contributed by atoms with Crippen molar-refractivity contribution in [3.8, 4) is 0 Å². The van der Waals surface area contributed by atoms with Gasteiger partial charge < -0.3 is 14.5 Å². The maximum absolute atomic E-state index is 11.7. The minimum absolute atomic E-state index is 0.332. The van der Waals surface area contributed by atoms with Crippen molar-refractivity contribution in [2.45, 2.75) is 26.2 Å². The van der Waals surface area contributed by atoms with Gasteiger partial charge in [0.15, 0.2) is 0 Å². The van der Waals surface area contributed by atoms with Crippen molar-refractivity contribution in [1.29, 1.82) is 0 Å². The molecule has 1 saturated carbocycles. The number of carbonyl (C=O) groups is 1. The number of rotatable bonds is 5. The van der Waals surface area contributed by atoms with Crippen molar-refractivity contribution in [1.82, 2.24) is 9.80 Å². The zero-order valence-corrected chi connectivity index (χ0v) is 12.2. The second kappa shape index (κ2) is 5.06. The molecule has 0 radical (unpaired) electrons. The van der Waals surface area contributed by atoms with E-state index in [2.05, 4.69) is 9.80 Å². The molecular weight excluding hydrogens is 240 g/mol. The van der Waals surface area contributed by atoms with Gasteiger partial charge >= 0.3 is 0 Å². The summed E-state index contributed by atoms with van der Waals surface area (Å²) >= 11 is 0. The van der Waals surface area contributed by atoms with E-state index in [9.17, 15) is 4.79 Å². The summed E-state index contributed by atoms with van der Waals surface area (Å²) in [5.74, 6) is 1.77. The Morgan fingerprint density at radius 1 is 1.21 bits per heavy atom. The number of fused-ring (bicyclic) bond motifs is 1. The van der Waals surface area contributed by atoms with Crippen LogP contribution in [0.5, 0.6) is 0 Å². The molecule has 0 aromatic carbocycles. The van der Waals surface area contributed by atoms with Gasteiger partial charge in [-0.1, -0.05) is 6.92 Å². The maximum atomic E-state index is 11.7. The predicted molar refractivity (Wildman–Crippen MR) is 73.8 cm³/mol. The van der Waals surface area contributed by atoms with Crippen LogP contribution in [0.25, 0.3) is 0 Å². The number of methoxy groups -OCH3 is 1. The third-order valence-corrected chi connectivity index (χ3v) is 5.18.